The van der Waals surface area contributed by atoms with E-state index in [9.17, 15) is 13.2 Å². The Balaban J connectivity index is 3.21. The van der Waals surface area contributed by atoms with Crippen molar-refractivity contribution in [3.05, 3.63) is 24.0 Å². The van der Waals surface area contributed by atoms with Crippen molar-refractivity contribution in [2.24, 2.45) is 0 Å². The van der Waals surface area contributed by atoms with Gasteiger partial charge in [0, 0.05) is 12.2 Å². The van der Waals surface area contributed by atoms with Crippen molar-refractivity contribution in [1.82, 2.24) is 9.29 Å². The Kier molecular flexibility index (Phi) is 5.19. The fourth-order valence-electron chi connectivity index (χ4n) is 1.55. The molecule has 1 N–H and O–H groups in total. The molecule has 1 rings (SSSR count). The summed E-state index contributed by atoms with van der Waals surface area (Å²) in [5, 5.41) is 17.5. The predicted molar refractivity (Wildman–Crippen MR) is 70.2 cm³/mol. The number of hydrogen-bond donors (Lipinski definition) is 1. The molecule has 8 heteroatoms. The molecule has 0 aliphatic heterocycles. The number of carbonyl (C=O) groups is 1. The second-order valence-electron chi connectivity index (χ2n) is 4.19. The molecule has 7 nitrogen and oxygen atoms in total. The summed E-state index contributed by atoms with van der Waals surface area (Å²) < 4.78 is 25.7. The highest BCUT2D eigenvalue weighted by Crippen LogP contribution is 2.18. The molecule has 0 radical (unpaired) electrons. The van der Waals surface area contributed by atoms with Gasteiger partial charge in [0.05, 0.1) is 0 Å². The third-order valence-corrected chi connectivity index (χ3v) is 4.77. The number of pyridine rings is 1. The van der Waals surface area contributed by atoms with Gasteiger partial charge >= 0.3 is 5.97 Å². The average molecular weight is 297 g/mol. The second kappa shape index (κ2) is 6.45. The Morgan fingerprint density at radius 2 is 2.20 bits per heavy atom. The monoisotopic (exact) mass is 297 g/mol. The maximum Gasteiger partial charge on any atom is 0.318 e. The number of hydrogen-bond acceptors (Lipinski definition) is 5. The summed E-state index contributed by atoms with van der Waals surface area (Å²) in [4.78, 5) is 14.4. The molecule has 1 heterocycles. The minimum atomic E-state index is -3.95. The van der Waals surface area contributed by atoms with E-state index in [1.807, 2.05) is 0 Å². The van der Waals surface area contributed by atoms with E-state index in [1.165, 1.54) is 12.1 Å². The van der Waals surface area contributed by atoms with Gasteiger partial charge in [0.2, 0.25) is 10.0 Å². The van der Waals surface area contributed by atoms with Gasteiger partial charge in [-0.25, -0.2) is 13.4 Å². The summed E-state index contributed by atoms with van der Waals surface area (Å²) in [6, 6.07) is 3.86. The van der Waals surface area contributed by atoms with Crippen molar-refractivity contribution in [3.8, 4) is 6.07 Å². The van der Waals surface area contributed by atoms with Crippen LogP contribution < -0.4 is 0 Å². The van der Waals surface area contributed by atoms with Crippen LogP contribution in [0.1, 0.15) is 26.0 Å². The Labute approximate surface area is 117 Å². The molecule has 1 atom stereocenters. The standard InChI is InChI=1S/C12H15N3O4S/c1-3-9(2)15(8-12(16)17)20(18,19)11-5-4-10(6-13)14-7-11/h4-5,7,9H,3,8H2,1-2H3,(H,16,17). The van der Waals surface area contributed by atoms with Crippen LogP contribution in [-0.4, -0.2) is 41.4 Å². The van der Waals surface area contributed by atoms with Crippen LogP contribution in [0, 0.1) is 11.3 Å². The first-order valence-electron chi connectivity index (χ1n) is 5.92. The molecule has 108 valence electrons. The lowest BCUT2D eigenvalue weighted by atomic mass is 10.2. The first kappa shape index (κ1) is 16.1. The largest absolute Gasteiger partial charge is 0.480 e. The van der Waals surface area contributed by atoms with Gasteiger partial charge in [-0.2, -0.15) is 9.57 Å². The first-order valence-corrected chi connectivity index (χ1v) is 7.36. The van der Waals surface area contributed by atoms with Gasteiger partial charge in [0.25, 0.3) is 0 Å². The lowest BCUT2D eigenvalue weighted by molar-refractivity contribution is -0.137. The molecule has 1 unspecified atom stereocenters. The van der Waals surface area contributed by atoms with E-state index in [0.717, 1.165) is 10.5 Å². The zero-order chi connectivity index (χ0) is 15.3. The Morgan fingerprint density at radius 1 is 1.55 bits per heavy atom. The number of sulfonamides is 1. The van der Waals surface area contributed by atoms with E-state index < -0.39 is 28.6 Å². The molecular weight excluding hydrogens is 282 g/mol. The van der Waals surface area contributed by atoms with Crippen LogP contribution in [0.15, 0.2) is 23.2 Å². The fourth-order valence-corrected chi connectivity index (χ4v) is 3.15. The zero-order valence-corrected chi connectivity index (χ0v) is 12.0. The van der Waals surface area contributed by atoms with Gasteiger partial charge in [-0.05, 0) is 25.5 Å². The Bertz CT molecular complexity index is 619. The maximum atomic E-state index is 12.4. The molecule has 0 bridgehead atoms. The van der Waals surface area contributed by atoms with Crippen molar-refractivity contribution in [1.29, 1.82) is 5.26 Å². The van der Waals surface area contributed by atoms with Crippen LogP contribution in [0.25, 0.3) is 0 Å². The summed E-state index contributed by atoms with van der Waals surface area (Å²) in [7, 11) is -3.95. The summed E-state index contributed by atoms with van der Waals surface area (Å²) in [5.74, 6) is -1.23. The Morgan fingerprint density at radius 3 is 2.60 bits per heavy atom. The van der Waals surface area contributed by atoms with Gasteiger partial charge in [-0.1, -0.05) is 6.92 Å². The number of nitriles is 1. The summed E-state index contributed by atoms with van der Waals surface area (Å²) >= 11 is 0. The number of nitrogens with zero attached hydrogens (tertiary/aromatic N) is 3. The van der Waals surface area contributed by atoms with E-state index >= 15 is 0 Å². The highest BCUT2D eigenvalue weighted by molar-refractivity contribution is 7.89. The van der Waals surface area contributed by atoms with Gasteiger partial charge < -0.3 is 5.11 Å². The van der Waals surface area contributed by atoms with Crippen LogP contribution in [0.2, 0.25) is 0 Å². The summed E-state index contributed by atoms with van der Waals surface area (Å²) in [5.41, 5.74) is 0.0947. The SMILES string of the molecule is CCC(C)N(CC(=O)O)S(=O)(=O)c1ccc(C#N)nc1. The van der Waals surface area contributed by atoms with E-state index in [0.29, 0.717) is 6.42 Å². The lowest BCUT2D eigenvalue weighted by Gasteiger charge is -2.25. The molecule has 0 saturated heterocycles. The topological polar surface area (TPSA) is 111 Å². The van der Waals surface area contributed by atoms with Crippen molar-refractivity contribution in [2.45, 2.75) is 31.2 Å². The zero-order valence-electron chi connectivity index (χ0n) is 11.1. The molecule has 0 aliphatic carbocycles. The first-order chi connectivity index (χ1) is 9.32. The summed E-state index contributed by atoms with van der Waals surface area (Å²) in [6.45, 7) is 2.79. The molecule has 1 aromatic rings. The molecule has 0 amide bonds. The Hall–Kier alpha value is -1.98. The quantitative estimate of drug-likeness (QED) is 0.832. The van der Waals surface area contributed by atoms with Crippen LogP contribution >= 0.6 is 0 Å². The molecule has 0 spiro atoms. The highest BCUT2D eigenvalue weighted by atomic mass is 32.2. The molecule has 0 saturated carbocycles. The smallest absolute Gasteiger partial charge is 0.318 e. The van der Waals surface area contributed by atoms with Gasteiger partial charge in [0.15, 0.2) is 0 Å². The van der Waals surface area contributed by atoms with E-state index in [-0.39, 0.29) is 10.6 Å². The van der Waals surface area contributed by atoms with Gasteiger partial charge in [-0.15, -0.1) is 0 Å². The molecule has 0 fully saturated rings. The van der Waals surface area contributed by atoms with E-state index in [4.69, 9.17) is 10.4 Å². The maximum absolute atomic E-state index is 12.4. The number of aliphatic carboxylic acids is 1. The van der Waals surface area contributed by atoms with Gasteiger partial charge in [-0.3, -0.25) is 4.79 Å². The number of carboxylic acid groups (broad SMARTS) is 1. The fraction of sp³-hybridized carbons (Fsp3) is 0.417. The minimum Gasteiger partial charge on any atom is -0.480 e. The second-order valence-corrected chi connectivity index (χ2v) is 6.08. The van der Waals surface area contributed by atoms with E-state index in [1.54, 1.807) is 19.9 Å². The molecule has 0 aromatic carbocycles. The third-order valence-electron chi connectivity index (χ3n) is 2.83. The van der Waals surface area contributed by atoms with Crippen LogP contribution in [0.5, 0.6) is 0 Å². The van der Waals surface area contributed by atoms with Crippen molar-refractivity contribution in [3.63, 3.8) is 0 Å². The predicted octanol–water partition coefficient (Wildman–Crippen LogP) is 0.827. The number of carboxylic acids is 1. The lowest BCUT2D eigenvalue weighted by Crippen LogP contribution is -2.41. The normalized spacial score (nSPS) is 12.9. The number of aromatic nitrogens is 1. The van der Waals surface area contributed by atoms with Crippen LogP contribution in [0.4, 0.5) is 0 Å². The van der Waals surface area contributed by atoms with Crippen molar-refractivity contribution < 1.29 is 18.3 Å². The van der Waals surface area contributed by atoms with Crippen LogP contribution in [-0.2, 0) is 14.8 Å². The van der Waals surface area contributed by atoms with Crippen molar-refractivity contribution in [2.75, 3.05) is 6.54 Å². The molecular formula is C12H15N3O4S. The average Bonchev–Trinajstić information content (AvgIpc) is 2.43. The summed E-state index contributed by atoms with van der Waals surface area (Å²) in [6.07, 6.45) is 1.54. The third kappa shape index (κ3) is 3.53. The van der Waals surface area contributed by atoms with Crippen molar-refractivity contribution >= 4 is 16.0 Å². The van der Waals surface area contributed by atoms with Gasteiger partial charge in [0.1, 0.15) is 23.2 Å². The number of rotatable bonds is 6. The molecule has 0 aliphatic rings. The van der Waals surface area contributed by atoms with E-state index in [2.05, 4.69) is 4.98 Å². The van der Waals surface area contributed by atoms with Crippen LogP contribution in [0.3, 0.4) is 0 Å². The molecule has 1 aromatic heterocycles. The minimum absolute atomic E-state index is 0.0947. The highest BCUT2D eigenvalue weighted by Gasteiger charge is 2.30. The molecule has 20 heavy (non-hydrogen) atoms.